The molecule has 8 nitrogen and oxygen atoms in total. The summed E-state index contributed by atoms with van der Waals surface area (Å²) in [6.45, 7) is 2.71. The van der Waals surface area contributed by atoms with Gasteiger partial charge in [0.15, 0.2) is 11.2 Å². The molecule has 1 aliphatic rings. The first-order chi connectivity index (χ1) is 13.1. The lowest BCUT2D eigenvalue weighted by Gasteiger charge is -2.22. The summed E-state index contributed by atoms with van der Waals surface area (Å²) in [6, 6.07) is 0. The Balaban J connectivity index is 1.66. The van der Waals surface area contributed by atoms with Gasteiger partial charge in [0.1, 0.15) is 12.2 Å². The van der Waals surface area contributed by atoms with Crippen molar-refractivity contribution in [2.24, 2.45) is 13.0 Å². The van der Waals surface area contributed by atoms with Crippen molar-refractivity contribution in [2.75, 3.05) is 20.2 Å². The number of methoxy groups -OCH3 is 1. The summed E-state index contributed by atoms with van der Waals surface area (Å²) in [6.07, 6.45) is 7.74. The number of piperidine rings is 1. The number of imidazole rings is 1. The molecular weight excluding hydrogens is 346 g/mol. The molecule has 0 aromatic carbocycles. The lowest BCUT2D eigenvalue weighted by Crippen LogP contribution is -2.28. The number of hydrogen-bond donors (Lipinski definition) is 1. The van der Waals surface area contributed by atoms with Crippen molar-refractivity contribution in [3.8, 4) is 0 Å². The van der Waals surface area contributed by atoms with Crippen LogP contribution in [-0.4, -0.2) is 45.3 Å². The quantitative estimate of drug-likeness (QED) is 0.554. The summed E-state index contributed by atoms with van der Waals surface area (Å²) in [4.78, 5) is 32.9. The summed E-state index contributed by atoms with van der Waals surface area (Å²) in [5, 5.41) is 3.39. The van der Waals surface area contributed by atoms with E-state index in [2.05, 4.69) is 20.0 Å². The molecule has 148 valence electrons. The Morgan fingerprint density at radius 1 is 1.33 bits per heavy atom. The third kappa shape index (κ3) is 4.74. The van der Waals surface area contributed by atoms with E-state index in [-0.39, 0.29) is 11.5 Å². The van der Waals surface area contributed by atoms with Crippen molar-refractivity contribution in [3.05, 3.63) is 22.5 Å². The predicted octanol–water partition coefficient (Wildman–Crippen LogP) is 1.41. The minimum atomic E-state index is -0.223. The first kappa shape index (κ1) is 19.5. The average Bonchev–Trinajstić information content (AvgIpc) is 3.02. The molecule has 0 aliphatic carbocycles. The standard InChI is InChI=1S/C19H29N5O3/c1-23-15(7-6-14-8-10-20-11-9-14)22-17-18(23)21-13-24(19(17)26)12-4-3-5-16(25)27-2/h13-14,20H,3-12H2,1-2H3. The Morgan fingerprint density at radius 2 is 2.11 bits per heavy atom. The maximum atomic E-state index is 12.7. The zero-order valence-corrected chi connectivity index (χ0v) is 16.2. The number of unbranched alkanes of at least 4 members (excludes halogenated alkanes) is 1. The monoisotopic (exact) mass is 375 g/mol. The van der Waals surface area contributed by atoms with Crippen molar-refractivity contribution in [3.63, 3.8) is 0 Å². The van der Waals surface area contributed by atoms with Gasteiger partial charge in [0.2, 0.25) is 0 Å². The van der Waals surface area contributed by atoms with E-state index in [1.54, 1.807) is 10.9 Å². The van der Waals surface area contributed by atoms with E-state index >= 15 is 0 Å². The Labute approximate surface area is 158 Å². The molecule has 2 aromatic heterocycles. The smallest absolute Gasteiger partial charge is 0.305 e. The van der Waals surface area contributed by atoms with Crippen LogP contribution in [0.1, 0.15) is 44.3 Å². The maximum Gasteiger partial charge on any atom is 0.305 e. The second-order valence-corrected chi connectivity index (χ2v) is 7.27. The van der Waals surface area contributed by atoms with E-state index in [0.29, 0.717) is 30.6 Å². The highest BCUT2D eigenvalue weighted by Gasteiger charge is 2.17. The van der Waals surface area contributed by atoms with Gasteiger partial charge < -0.3 is 14.6 Å². The van der Waals surface area contributed by atoms with Gasteiger partial charge in [0, 0.05) is 26.4 Å². The molecule has 3 heterocycles. The van der Waals surface area contributed by atoms with E-state index in [0.717, 1.165) is 44.1 Å². The Morgan fingerprint density at radius 3 is 2.85 bits per heavy atom. The van der Waals surface area contributed by atoms with E-state index < -0.39 is 0 Å². The van der Waals surface area contributed by atoms with Gasteiger partial charge in [-0.1, -0.05) is 0 Å². The summed E-state index contributed by atoms with van der Waals surface area (Å²) >= 11 is 0. The van der Waals surface area contributed by atoms with Gasteiger partial charge in [0.25, 0.3) is 5.56 Å². The van der Waals surface area contributed by atoms with Crippen LogP contribution >= 0.6 is 0 Å². The van der Waals surface area contributed by atoms with Crippen LogP contribution in [0.4, 0.5) is 0 Å². The molecule has 0 bridgehead atoms. The molecule has 0 radical (unpaired) electrons. The van der Waals surface area contributed by atoms with Crippen molar-refractivity contribution in [1.82, 2.24) is 24.4 Å². The average molecular weight is 375 g/mol. The van der Waals surface area contributed by atoms with Gasteiger partial charge in [-0.3, -0.25) is 14.2 Å². The molecule has 2 aromatic rings. The zero-order chi connectivity index (χ0) is 19.2. The molecule has 0 atom stereocenters. The SMILES string of the molecule is COC(=O)CCCCn1cnc2c(nc(CCC3CCNCC3)n2C)c1=O. The fraction of sp³-hybridized carbons (Fsp3) is 0.684. The molecule has 0 saturated carbocycles. The second kappa shape index (κ2) is 9.12. The summed E-state index contributed by atoms with van der Waals surface area (Å²) < 4.78 is 8.16. The number of ether oxygens (including phenoxy) is 1. The fourth-order valence-electron chi connectivity index (χ4n) is 3.68. The summed E-state index contributed by atoms with van der Waals surface area (Å²) in [7, 11) is 3.31. The number of nitrogens with one attached hydrogen (secondary N) is 1. The number of nitrogens with zero attached hydrogens (tertiary/aromatic N) is 4. The molecule has 1 aliphatic heterocycles. The first-order valence-corrected chi connectivity index (χ1v) is 9.78. The molecule has 1 N–H and O–H groups in total. The lowest BCUT2D eigenvalue weighted by atomic mass is 9.93. The largest absolute Gasteiger partial charge is 0.469 e. The van der Waals surface area contributed by atoms with Crippen LogP contribution in [0.2, 0.25) is 0 Å². The van der Waals surface area contributed by atoms with Crippen LogP contribution in [0.25, 0.3) is 11.2 Å². The van der Waals surface area contributed by atoms with Crippen LogP contribution in [0.15, 0.2) is 11.1 Å². The molecule has 27 heavy (non-hydrogen) atoms. The van der Waals surface area contributed by atoms with Crippen LogP contribution in [0, 0.1) is 5.92 Å². The Bertz CT molecular complexity index is 836. The number of aryl methyl sites for hydroxylation is 3. The van der Waals surface area contributed by atoms with Crippen molar-refractivity contribution in [1.29, 1.82) is 0 Å². The summed E-state index contributed by atoms with van der Waals surface area (Å²) in [5.41, 5.74) is 0.973. The number of aromatic nitrogens is 4. The van der Waals surface area contributed by atoms with Gasteiger partial charge in [-0.05, 0) is 51.1 Å². The minimum absolute atomic E-state index is 0.109. The maximum absolute atomic E-state index is 12.7. The molecular formula is C19H29N5O3. The highest BCUT2D eigenvalue weighted by atomic mass is 16.5. The molecule has 1 fully saturated rings. The van der Waals surface area contributed by atoms with Gasteiger partial charge in [-0.15, -0.1) is 0 Å². The number of rotatable bonds is 8. The number of carbonyl (C=O) groups excluding carboxylic acids is 1. The Kier molecular flexibility index (Phi) is 6.60. The van der Waals surface area contributed by atoms with Gasteiger partial charge in [0.05, 0.1) is 7.11 Å². The molecule has 0 spiro atoms. The molecule has 8 heteroatoms. The molecule has 0 amide bonds. The molecule has 3 rings (SSSR count). The molecule has 1 saturated heterocycles. The van der Waals surface area contributed by atoms with E-state index in [1.165, 1.54) is 20.0 Å². The predicted molar refractivity (Wildman–Crippen MR) is 103 cm³/mol. The minimum Gasteiger partial charge on any atom is -0.469 e. The van der Waals surface area contributed by atoms with Crippen LogP contribution < -0.4 is 10.9 Å². The first-order valence-electron chi connectivity index (χ1n) is 9.78. The van der Waals surface area contributed by atoms with Crippen LogP contribution in [0.3, 0.4) is 0 Å². The van der Waals surface area contributed by atoms with E-state index in [4.69, 9.17) is 0 Å². The van der Waals surface area contributed by atoms with E-state index in [1.807, 2.05) is 11.6 Å². The number of fused-ring (bicyclic) bond motifs is 1. The summed E-state index contributed by atoms with van der Waals surface area (Å²) in [5.74, 6) is 1.43. The zero-order valence-electron chi connectivity index (χ0n) is 16.2. The van der Waals surface area contributed by atoms with Crippen molar-refractivity contribution < 1.29 is 9.53 Å². The number of carbonyl (C=O) groups is 1. The number of hydrogen-bond acceptors (Lipinski definition) is 6. The fourth-order valence-corrected chi connectivity index (χ4v) is 3.68. The van der Waals surface area contributed by atoms with E-state index in [9.17, 15) is 9.59 Å². The van der Waals surface area contributed by atoms with Crippen LogP contribution in [-0.2, 0) is 29.5 Å². The second-order valence-electron chi connectivity index (χ2n) is 7.27. The van der Waals surface area contributed by atoms with Crippen LogP contribution in [0.5, 0.6) is 0 Å². The lowest BCUT2D eigenvalue weighted by molar-refractivity contribution is -0.140. The van der Waals surface area contributed by atoms with Gasteiger partial charge >= 0.3 is 5.97 Å². The highest BCUT2D eigenvalue weighted by Crippen LogP contribution is 2.19. The number of esters is 1. The Hall–Kier alpha value is -2.22. The topological polar surface area (TPSA) is 91.0 Å². The third-order valence-corrected chi connectivity index (χ3v) is 5.43. The third-order valence-electron chi connectivity index (χ3n) is 5.43. The molecule has 0 unspecified atom stereocenters. The van der Waals surface area contributed by atoms with Gasteiger partial charge in [-0.25, -0.2) is 9.97 Å². The van der Waals surface area contributed by atoms with Crippen molar-refractivity contribution in [2.45, 2.75) is 51.5 Å². The van der Waals surface area contributed by atoms with Gasteiger partial charge in [-0.2, -0.15) is 0 Å². The van der Waals surface area contributed by atoms with Crippen molar-refractivity contribution >= 4 is 17.1 Å². The normalized spacial score (nSPS) is 15.3. The highest BCUT2D eigenvalue weighted by molar-refractivity contribution is 5.70.